The van der Waals surface area contributed by atoms with Gasteiger partial charge in [-0.2, -0.15) is 0 Å². The number of hydrogen-bond donors (Lipinski definition) is 1. The van der Waals surface area contributed by atoms with Gasteiger partial charge in [0.15, 0.2) is 0 Å². The fourth-order valence-electron chi connectivity index (χ4n) is 3.34. The molecule has 9 heteroatoms. The first kappa shape index (κ1) is 20.3. The normalized spacial score (nSPS) is 14.9. The number of amides is 2. The largest absolute Gasteiger partial charge is 0.338 e. The first-order valence-electron chi connectivity index (χ1n) is 9.01. The molecular formula is C20H16BrClFN3O2S. The van der Waals surface area contributed by atoms with E-state index in [1.54, 1.807) is 23.2 Å². The Morgan fingerprint density at radius 3 is 2.69 bits per heavy atom. The number of carbonyl (C=O) groups excluding carboxylic acids is 2. The number of piperidine rings is 1. The van der Waals surface area contributed by atoms with Crippen molar-refractivity contribution in [3.63, 3.8) is 0 Å². The number of halogens is 3. The molecule has 2 amide bonds. The van der Waals surface area contributed by atoms with Crippen LogP contribution >= 0.6 is 38.9 Å². The molecule has 29 heavy (non-hydrogen) atoms. The van der Waals surface area contributed by atoms with Crippen molar-refractivity contribution in [1.82, 2.24) is 9.88 Å². The molecule has 1 aliphatic rings. The van der Waals surface area contributed by atoms with Gasteiger partial charge in [-0.1, -0.05) is 11.6 Å². The molecule has 0 spiro atoms. The molecule has 150 valence electrons. The molecular weight excluding hydrogens is 481 g/mol. The smallest absolute Gasteiger partial charge is 0.265 e. The number of thiophene rings is 1. The monoisotopic (exact) mass is 495 g/mol. The summed E-state index contributed by atoms with van der Waals surface area (Å²) in [5.74, 6) is -0.314. The Labute approximate surface area is 184 Å². The van der Waals surface area contributed by atoms with Crippen molar-refractivity contribution >= 4 is 66.6 Å². The maximum absolute atomic E-state index is 13.5. The third-order valence-electron chi connectivity index (χ3n) is 4.92. The molecule has 1 N–H and O–H groups in total. The van der Waals surface area contributed by atoms with Gasteiger partial charge in [0.05, 0.1) is 5.02 Å². The molecule has 1 aliphatic heterocycles. The third kappa shape index (κ3) is 4.29. The minimum Gasteiger partial charge on any atom is -0.338 e. The number of likely N-dealkylation sites (tertiary alicyclic amines) is 1. The van der Waals surface area contributed by atoms with E-state index in [2.05, 4.69) is 26.2 Å². The molecule has 0 atom stereocenters. The molecule has 3 aromatic rings. The van der Waals surface area contributed by atoms with Crippen LogP contribution < -0.4 is 5.32 Å². The summed E-state index contributed by atoms with van der Waals surface area (Å²) >= 11 is 10.9. The summed E-state index contributed by atoms with van der Waals surface area (Å²) in [6.07, 6.45) is 2.74. The standard InChI is InChI=1S/C20H16BrClFN3O2S/c21-12-1-4-16(24-10-12)25-19(27)11-5-7-26(8-6-11)20(28)18-17(22)14-3-2-13(23)9-15(14)29-18/h1-4,9-11H,5-8H2,(H,24,25,27). The van der Waals surface area contributed by atoms with Crippen molar-refractivity contribution in [3.05, 3.63) is 56.7 Å². The van der Waals surface area contributed by atoms with Gasteiger partial charge in [-0.3, -0.25) is 9.59 Å². The van der Waals surface area contributed by atoms with Gasteiger partial charge < -0.3 is 10.2 Å². The van der Waals surface area contributed by atoms with Gasteiger partial charge in [-0.05, 0) is 59.1 Å². The highest BCUT2D eigenvalue weighted by Gasteiger charge is 2.30. The average molecular weight is 497 g/mol. The molecule has 0 aliphatic carbocycles. The summed E-state index contributed by atoms with van der Waals surface area (Å²) in [4.78, 5) is 31.7. The highest BCUT2D eigenvalue weighted by Crippen LogP contribution is 2.37. The van der Waals surface area contributed by atoms with Crippen LogP contribution in [-0.4, -0.2) is 34.8 Å². The van der Waals surface area contributed by atoms with Crippen molar-refractivity contribution in [3.8, 4) is 0 Å². The van der Waals surface area contributed by atoms with Crippen LogP contribution in [0.1, 0.15) is 22.5 Å². The lowest BCUT2D eigenvalue weighted by molar-refractivity contribution is -0.121. The summed E-state index contributed by atoms with van der Waals surface area (Å²) in [6.45, 7) is 0.924. The van der Waals surface area contributed by atoms with Crippen LogP contribution in [0.2, 0.25) is 5.02 Å². The van der Waals surface area contributed by atoms with Crippen LogP contribution in [-0.2, 0) is 4.79 Å². The quantitative estimate of drug-likeness (QED) is 0.532. The van der Waals surface area contributed by atoms with E-state index in [0.29, 0.717) is 51.7 Å². The Morgan fingerprint density at radius 2 is 2.00 bits per heavy atom. The van der Waals surface area contributed by atoms with E-state index in [0.717, 1.165) is 4.47 Å². The molecule has 0 unspecified atom stereocenters. The number of fused-ring (bicyclic) bond motifs is 1. The first-order valence-corrected chi connectivity index (χ1v) is 11.0. The predicted molar refractivity (Wildman–Crippen MR) is 116 cm³/mol. The molecule has 0 bridgehead atoms. The summed E-state index contributed by atoms with van der Waals surface area (Å²) in [5, 5.41) is 3.85. The fraction of sp³-hybridized carbons (Fsp3) is 0.250. The summed E-state index contributed by atoms with van der Waals surface area (Å²) in [5.41, 5.74) is 0. The molecule has 4 rings (SSSR count). The number of carbonyl (C=O) groups is 2. The highest BCUT2D eigenvalue weighted by molar-refractivity contribution is 9.10. The minimum atomic E-state index is -0.360. The first-order chi connectivity index (χ1) is 13.9. The molecule has 1 saturated heterocycles. The van der Waals surface area contributed by atoms with Gasteiger partial charge in [-0.15, -0.1) is 11.3 Å². The molecule has 3 heterocycles. The van der Waals surface area contributed by atoms with Crippen molar-refractivity contribution in [2.75, 3.05) is 18.4 Å². The van der Waals surface area contributed by atoms with Crippen LogP contribution in [0, 0.1) is 11.7 Å². The Bertz CT molecular complexity index is 1080. The maximum atomic E-state index is 13.5. The molecule has 5 nitrogen and oxygen atoms in total. The van der Waals surface area contributed by atoms with Crippen LogP contribution in [0.15, 0.2) is 41.0 Å². The van der Waals surface area contributed by atoms with Crippen LogP contribution in [0.25, 0.3) is 10.1 Å². The van der Waals surface area contributed by atoms with E-state index in [-0.39, 0.29) is 23.5 Å². The van der Waals surface area contributed by atoms with E-state index in [9.17, 15) is 14.0 Å². The highest BCUT2D eigenvalue weighted by atomic mass is 79.9. The van der Waals surface area contributed by atoms with Gasteiger partial charge in [-0.25, -0.2) is 9.37 Å². The zero-order chi connectivity index (χ0) is 20.5. The second-order valence-corrected chi connectivity index (χ2v) is 9.15. The van der Waals surface area contributed by atoms with E-state index >= 15 is 0 Å². The van der Waals surface area contributed by atoms with E-state index in [4.69, 9.17) is 11.6 Å². The fourth-order valence-corrected chi connectivity index (χ4v) is 5.08. The van der Waals surface area contributed by atoms with E-state index in [1.807, 2.05) is 6.07 Å². The Hall–Kier alpha value is -2.03. The lowest BCUT2D eigenvalue weighted by Gasteiger charge is -2.31. The summed E-state index contributed by atoms with van der Waals surface area (Å²) < 4.78 is 14.9. The van der Waals surface area contributed by atoms with Crippen molar-refractivity contribution in [2.45, 2.75) is 12.8 Å². The molecule has 2 aromatic heterocycles. The minimum absolute atomic E-state index is 0.0951. The van der Waals surface area contributed by atoms with E-state index < -0.39 is 0 Å². The predicted octanol–water partition coefficient (Wildman–Crippen LogP) is 5.34. The Balaban J connectivity index is 1.40. The number of anilines is 1. The third-order valence-corrected chi connectivity index (χ3v) is 7.03. The van der Waals surface area contributed by atoms with Gasteiger partial charge in [0.25, 0.3) is 5.91 Å². The van der Waals surface area contributed by atoms with Crippen molar-refractivity contribution in [2.24, 2.45) is 5.92 Å². The van der Waals surface area contributed by atoms with Crippen molar-refractivity contribution in [1.29, 1.82) is 0 Å². The van der Waals surface area contributed by atoms with Gasteiger partial charge in [0.1, 0.15) is 16.5 Å². The van der Waals surface area contributed by atoms with Gasteiger partial charge in [0.2, 0.25) is 5.91 Å². The summed E-state index contributed by atoms with van der Waals surface area (Å²) in [6, 6.07) is 7.85. The molecule has 0 radical (unpaired) electrons. The van der Waals surface area contributed by atoms with Crippen LogP contribution in [0.3, 0.4) is 0 Å². The van der Waals surface area contributed by atoms with Gasteiger partial charge in [0, 0.05) is 39.8 Å². The zero-order valence-corrected chi connectivity index (χ0v) is 18.3. The lowest BCUT2D eigenvalue weighted by atomic mass is 9.95. The lowest BCUT2D eigenvalue weighted by Crippen LogP contribution is -2.41. The number of pyridine rings is 1. The molecule has 0 saturated carbocycles. The van der Waals surface area contributed by atoms with Crippen LogP contribution in [0.4, 0.5) is 10.2 Å². The number of hydrogen-bond acceptors (Lipinski definition) is 4. The molecule has 1 fully saturated rings. The van der Waals surface area contributed by atoms with Crippen LogP contribution in [0.5, 0.6) is 0 Å². The van der Waals surface area contributed by atoms with Gasteiger partial charge >= 0.3 is 0 Å². The second-order valence-electron chi connectivity index (χ2n) is 6.80. The number of aromatic nitrogens is 1. The Morgan fingerprint density at radius 1 is 1.24 bits per heavy atom. The SMILES string of the molecule is O=C(Nc1ccc(Br)cn1)C1CCN(C(=O)c2sc3cc(F)ccc3c2Cl)CC1. The second kappa shape index (κ2) is 8.38. The number of benzene rings is 1. The average Bonchev–Trinajstić information content (AvgIpc) is 3.05. The maximum Gasteiger partial charge on any atom is 0.265 e. The molecule has 1 aromatic carbocycles. The topological polar surface area (TPSA) is 62.3 Å². The number of rotatable bonds is 3. The van der Waals surface area contributed by atoms with Crippen molar-refractivity contribution < 1.29 is 14.0 Å². The summed E-state index contributed by atoms with van der Waals surface area (Å²) in [7, 11) is 0. The number of nitrogens with one attached hydrogen (secondary N) is 1. The van der Waals surface area contributed by atoms with E-state index in [1.165, 1.54) is 23.5 Å². The number of nitrogens with zero attached hydrogens (tertiary/aromatic N) is 2. The zero-order valence-electron chi connectivity index (χ0n) is 15.1. The Kier molecular flexibility index (Phi) is 5.85.